The van der Waals surface area contributed by atoms with Crippen molar-refractivity contribution in [2.24, 2.45) is 0 Å². The summed E-state index contributed by atoms with van der Waals surface area (Å²) in [6.45, 7) is 6.35. The number of aliphatic hydroxyl groups is 2. The molecular formula is C24H31FN4O4. The maximum Gasteiger partial charge on any atom is 0.252 e. The summed E-state index contributed by atoms with van der Waals surface area (Å²) < 4.78 is 12.7. The number of benzene rings is 1. The fourth-order valence-corrected chi connectivity index (χ4v) is 4.82. The molecule has 3 aliphatic rings. The SMILES string of the molecule is C/C=C(\C)C[N+]1([O-])CCCN2CC3=C(O)C(O)C(C(=O)NCc4ccc(F)cc4)=CN3CC21. The first-order valence-corrected chi connectivity index (χ1v) is 11.3. The number of aliphatic hydroxyl groups excluding tert-OH is 2. The Kier molecular flexibility index (Phi) is 6.58. The van der Waals surface area contributed by atoms with E-state index in [1.54, 1.807) is 23.2 Å². The lowest BCUT2D eigenvalue weighted by atomic mass is 9.98. The van der Waals surface area contributed by atoms with Crippen LogP contribution in [0, 0.1) is 11.0 Å². The molecular weight excluding hydrogens is 427 g/mol. The van der Waals surface area contributed by atoms with Crippen molar-refractivity contribution in [2.75, 3.05) is 32.7 Å². The molecule has 2 fully saturated rings. The van der Waals surface area contributed by atoms with Crippen LogP contribution in [0.15, 0.2) is 59.1 Å². The van der Waals surface area contributed by atoms with Gasteiger partial charge < -0.3 is 30.3 Å². The molecule has 1 aromatic rings. The average molecular weight is 459 g/mol. The van der Waals surface area contributed by atoms with Gasteiger partial charge in [0.25, 0.3) is 5.91 Å². The zero-order valence-electron chi connectivity index (χ0n) is 19.0. The molecule has 33 heavy (non-hydrogen) atoms. The summed E-state index contributed by atoms with van der Waals surface area (Å²) >= 11 is 0. The molecule has 0 radical (unpaired) electrons. The highest BCUT2D eigenvalue weighted by Crippen LogP contribution is 2.35. The second-order valence-corrected chi connectivity index (χ2v) is 9.05. The van der Waals surface area contributed by atoms with Gasteiger partial charge in [0.1, 0.15) is 24.2 Å². The molecule has 1 amide bonds. The molecule has 4 rings (SSSR count). The largest absolute Gasteiger partial charge is 0.631 e. The van der Waals surface area contributed by atoms with Gasteiger partial charge in [-0.1, -0.05) is 18.2 Å². The Labute approximate surface area is 193 Å². The van der Waals surface area contributed by atoms with Crippen molar-refractivity contribution in [3.8, 4) is 0 Å². The van der Waals surface area contributed by atoms with E-state index in [0.717, 1.165) is 18.5 Å². The van der Waals surface area contributed by atoms with Crippen LogP contribution in [0.1, 0.15) is 25.8 Å². The Hall–Kier alpha value is -2.72. The van der Waals surface area contributed by atoms with E-state index in [9.17, 15) is 24.6 Å². The van der Waals surface area contributed by atoms with E-state index < -0.39 is 12.0 Å². The average Bonchev–Trinajstić information content (AvgIpc) is 2.80. The van der Waals surface area contributed by atoms with E-state index in [4.69, 9.17) is 0 Å². The van der Waals surface area contributed by atoms with Crippen molar-refractivity contribution >= 4 is 5.91 Å². The molecule has 8 nitrogen and oxygen atoms in total. The number of carbonyl (C=O) groups is 1. The van der Waals surface area contributed by atoms with Gasteiger partial charge in [-0.2, -0.15) is 0 Å². The minimum absolute atomic E-state index is 0.0104. The Bertz CT molecular complexity index is 1010. The number of fused-ring (bicyclic) bond motifs is 2. The number of hydroxylamine groups is 3. The maximum absolute atomic E-state index is 13.7. The second kappa shape index (κ2) is 9.26. The highest BCUT2D eigenvalue weighted by molar-refractivity contribution is 5.95. The lowest BCUT2D eigenvalue weighted by molar-refractivity contribution is -0.919. The van der Waals surface area contributed by atoms with Crippen molar-refractivity contribution in [1.29, 1.82) is 0 Å². The number of nitrogens with zero attached hydrogens (tertiary/aromatic N) is 3. The Morgan fingerprint density at radius 1 is 1.36 bits per heavy atom. The summed E-state index contributed by atoms with van der Waals surface area (Å²) in [5, 5.41) is 37.8. The van der Waals surface area contributed by atoms with Crippen LogP contribution in [-0.4, -0.2) is 75.6 Å². The highest BCUT2D eigenvalue weighted by Gasteiger charge is 2.45. The predicted molar refractivity (Wildman–Crippen MR) is 121 cm³/mol. The molecule has 0 aliphatic carbocycles. The quantitative estimate of drug-likeness (QED) is 0.355. The van der Waals surface area contributed by atoms with Crippen molar-refractivity contribution in [3.05, 3.63) is 75.7 Å². The van der Waals surface area contributed by atoms with Crippen LogP contribution >= 0.6 is 0 Å². The van der Waals surface area contributed by atoms with Gasteiger partial charge in [-0.05, 0) is 37.1 Å². The zero-order chi connectivity index (χ0) is 23.8. The van der Waals surface area contributed by atoms with Crippen LogP contribution in [0.3, 0.4) is 0 Å². The van der Waals surface area contributed by atoms with Crippen LogP contribution in [0.2, 0.25) is 0 Å². The summed E-state index contributed by atoms with van der Waals surface area (Å²) in [4.78, 5) is 16.6. The van der Waals surface area contributed by atoms with Gasteiger partial charge >= 0.3 is 0 Å². The van der Waals surface area contributed by atoms with Crippen LogP contribution in [0.5, 0.6) is 0 Å². The van der Waals surface area contributed by atoms with E-state index in [-0.39, 0.29) is 34.5 Å². The van der Waals surface area contributed by atoms with Gasteiger partial charge in [0.05, 0.1) is 24.4 Å². The van der Waals surface area contributed by atoms with E-state index in [1.165, 1.54) is 12.1 Å². The van der Waals surface area contributed by atoms with Gasteiger partial charge in [-0.25, -0.2) is 9.29 Å². The molecule has 9 heteroatoms. The van der Waals surface area contributed by atoms with E-state index in [1.807, 2.05) is 19.9 Å². The monoisotopic (exact) mass is 458 g/mol. The normalized spacial score (nSPS) is 28.2. The predicted octanol–water partition coefficient (Wildman–Crippen LogP) is 2.10. The van der Waals surface area contributed by atoms with Gasteiger partial charge in [0.15, 0.2) is 6.17 Å². The molecule has 3 N–H and O–H groups in total. The topological polar surface area (TPSA) is 99.1 Å². The standard InChI is InChI=1S/C24H31FN4O4/c1-3-16(2)15-29(33)10-4-9-27-13-20-23(31)22(30)19(12-28(20)14-21(27)29)24(32)26-11-17-5-7-18(25)8-6-17/h3,5-8,12,21-22,30-31H,4,9-11,13-15H2,1-2H3,(H,26,32)/b16-3+. The Morgan fingerprint density at radius 3 is 2.79 bits per heavy atom. The summed E-state index contributed by atoms with van der Waals surface area (Å²) in [5.74, 6) is -1.16. The van der Waals surface area contributed by atoms with E-state index in [0.29, 0.717) is 37.4 Å². The Balaban J connectivity index is 1.53. The van der Waals surface area contributed by atoms with E-state index in [2.05, 4.69) is 10.2 Å². The molecule has 3 heterocycles. The number of hydrogen-bond donors (Lipinski definition) is 3. The van der Waals surface area contributed by atoms with Crippen LogP contribution in [-0.2, 0) is 11.3 Å². The number of hydrogen-bond acceptors (Lipinski definition) is 6. The number of rotatable bonds is 5. The van der Waals surface area contributed by atoms with Crippen molar-refractivity contribution in [3.63, 3.8) is 0 Å². The molecule has 2 saturated heterocycles. The first kappa shape index (κ1) is 23.4. The van der Waals surface area contributed by atoms with Gasteiger partial charge in [-0.15, -0.1) is 0 Å². The number of carbonyl (C=O) groups excluding carboxylic acids is 1. The van der Waals surface area contributed by atoms with Gasteiger partial charge in [0, 0.05) is 32.3 Å². The summed E-state index contributed by atoms with van der Waals surface area (Å²) in [6, 6.07) is 5.75. The molecule has 178 valence electrons. The number of allylic oxidation sites excluding steroid dienone is 1. The molecule has 0 aromatic heterocycles. The molecule has 3 aliphatic heterocycles. The number of quaternary nitrogens is 1. The summed E-state index contributed by atoms with van der Waals surface area (Å²) in [6.07, 6.45) is 2.49. The van der Waals surface area contributed by atoms with Gasteiger partial charge in [-0.3, -0.25) is 4.79 Å². The Morgan fingerprint density at radius 2 is 2.09 bits per heavy atom. The number of nitrogens with one attached hydrogen (secondary N) is 1. The first-order valence-electron chi connectivity index (χ1n) is 11.3. The third kappa shape index (κ3) is 4.67. The number of amides is 1. The number of halogens is 1. The fourth-order valence-electron chi connectivity index (χ4n) is 4.82. The van der Waals surface area contributed by atoms with Crippen molar-refractivity contribution in [1.82, 2.24) is 15.1 Å². The van der Waals surface area contributed by atoms with E-state index >= 15 is 0 Å². The minimum atomic E-state index is -1.44. The molecule has 3 unspecified atom stereocenters. The minimum Gasteiger partial charge on any atom is -0.631 e. The summed E-state index contributed by atoms with van der Waals surface area (Å²) in [7, 11) is 0. The highest BCUT2D eigenvalue weighted by atomic mass is 19.1. The zero-order valence-corrected chi connectivity index (χ0v) is 19.0. The molecule has 0 saturated carbocycles. The molecule has 3 atom stereocenters. The number of piperazine rings is 1. The van der Waals surface area contributed by atoms with Crippen molar-refractivity contribution < 1.29 is 24.0 Å². The smallest absolute Gasteiger partial charge is 0.252 e. The summed E-state index contributed by atoms with van der Waals surface area (Å²) in [5.41, 5.74) is 2.27. The van der Waals surface area contributed by atoms with Crippen LogP contribution < -0.4 is 5.32 Å². The lowest BCUT2D eigenvalue weighted by Gasteiger charge is -2.59. The third-order valence-electron chi connectivity index (χ3n) is 6.79. The van der Waals surface area contributed by atoms with Crippen LogP contribution in [0.4, 0.5) is 4.39 Å². The molecule has 0 spiro atoms. The third-order valence-corrected chi connectivity index (χ3v) is 6.79. The van der Waals surface area contributed by atoms with Crippen LogP contribution in [0.25, 0.3) is 0 Å². The maximum atomic E-state index is 13.7. The fraction of sp³-hybridized carbons (Fsp3) is 0.458. The first-order chi connectivity index (χ1) is 15.7. The van der Waals surface area contributed by atoms with Gasteiger partial charge in [0.2, 0.25) is 0 Å². The second-order valence-electron chi connectivity index (χ2n) is 9.05. The lowest BCUT2D eigenvalue weighted by Crippen LogP contribution is -2.69. The molecule has 1 aromatic carbocycles. The molecule has 0 bridgehead atoms. The van der Waals surface area contributed by atoms with Crippen molar-refractivity contribution in [2.45, 2.75) is 39.1 Å².